The molecule has 3 N–H and O–H groups in total. The van der Waals surface area contributed by atoms with E-state index in [1.54, 1.807) is 6.92 Å². The highest BCUT2D eigenvalue weighted by Crippen LogP contribution is 2.07. The van der Waals surface area contributed by atoms with Gasteiger partial charge in [0.15, 0.2) is 0 Å². The molecule has 1 aromatic rings. The second-order valence-corrected chi connectivity index (χ2v) is 4.72. The zero-order valence-electron chi connectivity index (χ0n) is 11.6. The number of nitrogens with zero attached hydrogens (tertiary/aromatic N) is 1. The number of nitrogens with one attached hydrogen (secondary N) is 1. The lowest BCUT2D eigenvalue weighted by Gasteiger charge is -2.27. The first kappa shape index (κ1) is 16.0. The van der Waals surface area contributed by atoms with Crippen molar-refractivity contribution in [1.82, 2.24) is 10.2 Å². The van der Waals surface area contributed by atoms with Crippen LogP contribution in [0.2, 0.25) is 0 Å². The van der Waals surface area contributed by atoms with E-state index in [4.69, 9.17) is 5.11 Å². The molecular weight excluding hydrogens is 260 g/mol. The number of hydrogen-bond acceptors (Lipinski definition) is 3. The largest absolute Gasteiger partial charge is 0.465 e. The first-order chi connectivity index (χ1) is 9.40. The number of aliphatic hydroxyl groups is 1. The van der Waals surface area contributed by atoms with Gasteiger partial charge in [0.25, 0.3) is 0 Å². The van der Waals surface area contributed by atoms with Crippen molar-refractivity contribution in [3.63, 3.8) is 0 Å². The van der Waals surface area contributed by atoms with E-state index in [0.717, 1.165) is 5.56 Å². The van der Waals surface area contributed by atoms with E-state index in [9.17, 15) is 14.7 Å². The summed E-state index contributed by atoms with van der Waals surface area (Å²) in [6, 6.07) is 8.49. The molecular formula is C14H20N2O4. The number of amides is 2. The van der Waals surface area contributed by atoms with Crippen LogP contribution in [0.4, 0.5) is 4.79 Å². The Morgan fingerprint density at radius 2 is 1.85 bits per heavy atom. The van der Waals surface area contributed by atoms with Crippen molar-refractivity contribution in [2.45, 2.75) is 32.5 Å². The van der Waals surface area contributed by atoms with Crippen LogP contribution in [0.15, 0.2) is 30.3 Å². The number of carboxylic acid groups (broad SMARTS) is 1. The third-order valence-corrected chi connectivity index (χ3v) is 2.72. The molecule has 0 radical (unpaired) electrons. The molecule has 2 atom stereocenters. The molecule has 0 aliphatic heterocycles. The van der Waals surface area contributed by atoms with Crippen LogP contribution in [0.1, 0.15) is 19.4 Å². The summed E-state index contributed by atoms with van der Waals surface area (Å²) < 4.78 is 0. The van der Waals surface area contributed by atoms with E-state index >= 15 is 0 Å². The average molecular weight is 280 g/mol. The topological polar surface area (TPSA) is 89.9 Å². The van der Waals surface area contributed by atoms with Gasteiger partial charge in [-0.3, -0.25) is 4.79 Å². The van der Waals surface area contributed by atoms with Crippen molar-refractivity contribution in [2.24, 2.45) is 0 Å². The minimum Gasteiger partial charge on any atom is -0.465 e. The van der Waals surface area contributed by atoms with Gasteiger partial charge >= 0.3 is 6.09 Å². The number of aliphatic hydroxyl groups excluding tert-OH is 1. The van der Waals surface area contributed by atoms with Crippen molar-refractivity contribution in [3.8, 4) is 0 Å². The van der Waals surface area contributed by atoms with E-state index in [2.05, 4.69) is 5.32 Å². The number of hydrogen-bond donors (Lipinski definition) is 3. The Hall–Kier alpha value is -2.08. The minimum absolute atomic E-state index is 0.152. The van der Waals surface area contributed by atoms with Crippen molar-refractivity contribution in [3.05, 3.63) is 35.9 Å². The second-order valence-electron chi connectivity index (χ2n) is 4.72. The third kappa shape index (κ3) is 5.27. The molecule has 0 saturated heterocycles. The fourth-order valence-corrected chi connectivity index (χ4v) is 1.88. The third-order valence-electron chi connectivity index (χ3n) is 2.72. The quantitative estimate of drug-likeness (QED) is 0.726. The Labute approximate surface area is 118 Å². The lowest BCUT2D eigenvalue weighted by Crippen LogP contribution is -2.48. The molecule has 0 saturated carbocycles. The van der Waals surface area contributed by atoms with Crippen LogP contribution >= 0.6 is 0 Å². The van der Waals surface area contributed by atoms with Crippen molar-refractivity contribution >= 4 is 12.0 Å². The predicted molar refractivity (Wildman–Crippen MR) is 74.2 cm³/mol. The second kappa shape index (κ2) is 7.49. The summed E-state index contributed by atoms with van der Waals surface area (Å²) in [6.45, 7) is 3.55. The van der Waals surface area contributed by atoms with Crippen molar-refractivity contribution in [2.75, 3.05) is 6.54 Å². The molecule has 6 heteroatoms. The average Bonchev–Trinajstić information content (AvgIpc) is 2.37. The normalized spacial score (nSPS) is 13.3. The van der Waals surface area contributed by atoms with E-state index in [0.29, 0.717) is 6.54 Å². The Kier molecular flexibility index (Phi) is 5.99. The number of rotatable bonds is 6. The lowest BCUT2D eigenvalue weighted by molar-refractivity contribution is -0.134. The molecule has 0 unspecified atom stereocenters. The van der Waals surface area contributed by atoms with Crippen LogP contribution < -0.4 is 5.32 Å². The molecule has 0 aliphatic carbocycles. The highest BCUT2D eigenvalue weighted by atomic mass is 16.4. The van der Waals surface area contributed by atoms with Gasteiger partial charge < -0.3 is 20.4 Å². The summed E-state index contributed by atoms with van der Waals surface area (Å²) in [4.78, 5) is 24.2. The molecule has 0 bridgehead atoms. The number of carbonyl (C=O) groups excluding carboxylic acids is 1. The molecule has 0 aliphatic rings. The van der Waals surface area contributed by atoms with Crippen LogP contribution in [0.25, 0.3) is 0 Å². The van der Waals surface area contributed by atoms with Gasteiger partial charge in [0.1, 0.15) is 6.04 Å². The molecule has 0 spiro atoms. The van der Waals surface area contributed by atoms with Crippen LogP contribution in [0.3, 0.4) is 0 Å². The van der Waals surface area contributed by atoms with Crippen LogP contribution in [0, 0.1) is 0 Å². The Morgan fingerprint density at radius 3 is 2.35 bits per heavy atom. The highest BCUT2D eigenvalue weighted by Gasteiger charge is 2.23. The van der Waals surface area contributed by atoms with E-state index in [1.807, 2.05) is 30.3 Å². The molecule has 0 heterocycles. The van der Waals surface area contributed by atoms with E-state index < -0.39 is 18.2 Å². The van der Waals surface area contributed by atoms with E-state index in [1.165, 1.54) is 11.8 Å². The Balaban J connectivity index is 2.78. The molecule has 20 heavy (non-hydrogen) atoms. The van der Waals surface area contributed by atoms with Gasteiger partial charge in [-0.25, -0.2) is 4.79 Å². The summed E-state index contributed by atoms with van der Waals surface area (Å²) >= 11 is 0. The summed E-state index contributed by atoms with van der Waals surface area (Å²) in [7, 11) is 0. The van der Waals surface area contributed by atoms with Crippen molar-refractivity contribution in [1.29, 1.82) is 0 Å². The molecule has 1 aromatic carbocycles. The van der Waals surface area contributed by atoms with Crippen molar-refractivity contribution < 1.29 is 19.8 Å². The zero-order chi connectivity index (χ0) is 15.1. The zero-order valence-corrected chi connectivity index (χ0v) is 11.6. The summed E-state index contributed by atoms with van der Waals surface area (Å²) in [5, 5.41) is 20.3. The maximum Gasteiger partial charge on any atom is 0.405 e. The van der Waals surface area contributed by atoms with Gasteiger partial charge in [-0.15, -0.1) is 0 Å². The fraction of sp³-hybridized carbons (Fsp3) is 0.429. The number of carbonyl (C=O) groups is 2. The maximum atomic E-state index is 12.2. The van der Waals surface area contributed by atoms with Gasteiger partial charge in [0.05, 0.1) is 6.10 Å². The smallest absolute Gasteiger partial charge is 0.405 e. The monoisotopic (exact) mass is 280 g/mol. The molecule has 110 valence electrons. The van der Waals surface area contributed by atoms with Gasteiger partial charge in [-0.1, -0.05) is 30.3 Å². The lowest BCUT2D eigenvalue weighted by atomic mass is 10.2. The van der Waals surface area contributed by atoms with Crippen LogP contribution in [-0.4, -0.2) is 45.8 Å². The van der Waals surface area contributed by atoms with Gasteiger partial charge in [-0.2, -0.15) is 0 Å². The Morgan fingerprint density at radius 1 is 1.25 bits per heavy atom. The van der Waals surface area contributed by atoms with Gasteiger partial charge in [-0.05, 0) is 19.4 Å². The van der Waals surface area contributed by atoms with E-state index in [-0.39, 0.29) is 12.5 Å². The Bertz CT molecular complexity index is 448. The molecule has 0 aromatic heterocycles. The standard InChI is InChI=1S/C14H20N2O4/c1-10(17)8-16(9-12-6-4-3-5-7-12)13(18)11(2)15-14(19)20/h3-7,10-11,15,17H,8-9H2,1-2H3,(H,19,20)/t10-,11+/m1/s1. The van der Waals surface area contributed by atoms with Crippen LogP contribution in [-0.2, 0) is 11.3 Å². The SMILES string of the molecule is C[C@H](NC(=O)O)C(=O)N(Cc1ccccc1)C[C@@H](C)O. The molecule has 1 rings (SSSR count). The van der Waals surface area contributed by atoms with Gasteiger partial charge in [0.2, 0.25) is 5.91 Å². The first-order valence-electron chi connectivity index (χ1n) is 6.40. The number of benzene rings is 1. The maximum absolute atomic E-state index is 12.2. The summed E-state index contributed by atoms with van der Waals surface area (Å²) in [6.07, 6.45) is -1.93. The summed E-state index contributed by atoms with van der Waals surface area (Å²) in [5.41, 5.74) is 0.920. The first-order valence-corrected chi connectivity index (χ1v) is 6.40. The predicted octanol–water partition coefficient (Wildman–Crippen LogP) is 1.05. The van der Waals surface area contributed by atoms with Gasteiger partial charge in [0, 0.05) is 13.1 Å². The molecule has 2 amide bonds. The highest BCUT2D eigenvalue weighted by molar-refractivity contribution is 5.84. The summed E-state index contributed by atoms with van der Waals surface area (Å²) in [5.74, 6) is -0.364. The van der Waals surface area contributed by atoms with Crippen LogP contribution in [0.5, 0.6) is 0 Å². The molecule has 0 fully saturated rings. The fourth-order valence-electron chi connectivity index (χ4n) is 1.88. The minimum atomic E-state index is -1.25. The molecule has 6 nitrogen and oxygen atoms in total.